The molecule has 0 spiro atoms. The second-order valence-electron chi connectivity index (χ2n) is 7.87. The van der Waals surface area contributed by atoms with Gasteiger partial charge in [0.1, 0.15) is 22.7 Å². The van der Waals surface area contributed by atoms with Crippen molar-refractivity contribution in [2.45, 2.75) is 44.0 Å². The highest BCUT2D eigenvalue weighted by atomic mass is 32.2. The normalized spacial score (nSPS) is 19.6. The Morgan fingerprint density at radius 2 is 1.74 bits per heavy atom. The Bertz CT molecular complexity index is 997. The molecule has 2 aliphatic heterocycles. The highest BCUT2D eigenvalue weighted by molar-refractivity contribution is 7.89. The molecule has 0 aliphatic carbocycles. The lowest BCUT2D eigenvalue weighted by Crippen LogP contribution is -2.53. The predicted octanol–water partition coefficient (Wildman–Crippen LogP) is 0.644. The molecule has 4 amide bonds. The van der Waals surface area contributed by atoms with E-state index in [0.29, 0.717) is 18.4 Å². The molecule has 31 heavy (non-hydrogen) atoms. The van der Waals surface area contributed by atoms with Gasteiger partial charge in [-0.3, -0.25) is 14.5 Å². The molecule has 0 radical (unpaired) electrons. The van der Waals surface area contributed by atoms with Gasteiger partial charge < -0.3 is 15.3 Å². The number of aromatic hydroxyl groups is 1. The van der Waals surface area contributed by atoms with Crippen LogP contribution in [-0.2, 0) is 19.6 Å². The topological polar surface area (TPSA) is 127 Å². The van der Waals surface area contributed by atoms with Crippen LogP contribution in [-0.4, -0.2) is 83.7 Å². The molecule has 11 heteroatoms. The van der Waals surface area contributed by atoms with E-state index in [1.165, 1.54) is 21.3 Å². The van der Waals surface area contributed by atoms with Crippen molar-refractivity contribution in [1.82, 2.24) is 19.4 Å². The first-order valence-electron chi connectivity index (χ1n) is 10.3. The van der Waals surface area contributed by atoms with Crippen molar-refractivity contribution in [3.8, 4) is 5.75 Å². The number of hydrogen-bond acceptors (Lipinski definition) is 6. The number of imide groups is 1. The summed E-state index contributed by atoms with van der Waals surface area (Å²) < 4.78 is 27.0. The summed E-state index contributed by atoms with van der Waals surface area (Å²) in [7, 11) is -3.91. The zero-order chi connectivity index (χ0) is 23.0. The van der Waals surface area contributed by atoms with Crippen LogP contribution < -0.4 is 5.32 Å². The number of piperazine rings is 1. The smallest absolute Gasteiger partial charge is 0.325 e. The summed E-state index contributed by atoms with van der Waals surface area (Å²) in [4.78, 5) is 39.8. The number of carbonyl (C=O) groups excluding carboxylic acids is 3. The Kier molecular flexibility index (Phi) is 6.28. The number of nitrogens with one attached hydrogen (secondary N) is 1. The molecule has 2 fully saturated rings. The van der Waals surface area contributed by atoms with Gasteiger partial charge in [-0.25, -0.2) is 13.2 Å². The number of nitrogens with zero attached hydrogens (tertiary/aromatic N) is 3. The minimum Gasteiger partial charge on any atom is -0.507 e. The predicted molar refractivity (Wildman–Crippen MR) is 112 cm³/mol. The molecule has 2 aliphatic rings. The minimum absolute atomic E-state index is 0.0510. The van der Waals surface area contributed by atoms with E-state index in [1.807, 2.05) is 0 Å². The molecule has 3 rings (SSSR count). The fourth-order valence-electron chi connectivity index (χ4n) is 3.93. The molecule has 0 aromatic heterocycles. The van der Waals surface area contributed by atoms with E-state index in [4.69, 9.17) is 0 Å². The van der Waals surface area contributed by atoms with Gasteiger partial charge in [-0.15, -0.1) is 0 Å². The molecular weight excluding hydrogens is 424 g/mol. The number of phenols is 1. The second kappa shape index (κ2) is 8.46. The van der Waals surface area contributed by atoms with Crippen LogP contribution in [0.3, 0.4) is 0 Å². The molecule has 1 aromatic carbocycles. The van der Waals surface area contributed by atoms with E-state index < -0.39 is 33.4 Å². The summed E-state index contributed by atoms with van der Waals surface area (Å²) in [6, 6.07) is 3.78. The third-order valence-electron chi connectivity index (χ3n) is 6.07. The number of phenolic OH excluding ortho intramolecular Hbond substituents is 1. The SMILES string of the molecule is CCC1(CC)NC(=O)N(CC(=O)N2CCN(S(=O)(=O)c3cc(C)ccc3O)CC2)C1=O. The molecule has 0 atom stereocenters. The zero-order valence-electron chi connectivity index (χ0n) is 17.9. The van der Waals surface area contributed by atoms with Crippen LogP contribution in [0.2, 0.25) is 0 Å². The minimum atomic E-state index is -3.91. The zero-order valence-corrected chi connectivity index (χ0v) is 18.7. The summed E-state index contributed by atoms with van der Waals surface area (Å²) in [5.74, 6) is -1.15. The third kappa shape index (κ3) is 4.11. The number of urea groups is 1. The van der Waals surface area contributed by atoms with Crippen molar-refractivity contribution >= 4 is 27.9 Å². The van der Waals surface area contributed by atoms with Crippen molar-refractivity contribution < 1.29 is 27.9 Å². The molecular formula is C20H28N4O6S. The van der Waals surface area contributed by atoms with Gasteiger partial charge in [0, 0.05) is 26.2 Å². The number of rotatable bonds is 6. The molecule has 1 aromatic rings. The van der Waals surface area contributed by atoms with Crippen LogP contribution in [0.15, 0.2) is 23.1 Å². The first-order chi connectivity index (χ1) is 14.6. The van der Waals surface area contributed by atoms with Gasteiger partial charge in [-0.1, -0.05) is 19.9 Å². The monoisotopic (exact) mass is 452 g/mol. The maximum Gasteiger partial charge on any atom is 0.325 e. The second-order valence-corrected chi connectivity index (χ2v) is 9.77. The molecule has 2 saturated heterocycles. The number of carbonyl (C=O) groups is 3. The average Bonchev–Trinajstić information content (AvgIpc) is 3.00. The summed E-state index contributed by atoms with van der Waals surface area (Å²) in [6.45, 7) is 5.32. The van der Waals surface area contributed by atoms with Crippen molar-refractivity contribution in [2.24, 2.45) is 0 Å². The lowest BCUT2D eigenvalue weighted by Gasteiger charge is -2.34. The quantitative estimate of drug-likeness (QED) is 0.610. The van der Waals surface area contributed by atoms with Crippen LogP contribution in [0.5, 0.6) is 5.75 Å². The summed E-state index contributed by atoms with van der Waals surface area (Å²) in [5.41, 5.74) is -0.270. The molecule has 0 saturated carbocycles. The molecule has 10 nitrogen and oxygen atoms in total. The highest BCUT2D eigenvalue weighted by Gasteiger charge is 2.49. The van der Waals surface area contributed by atoms with Crippen molar-refractivity contribution in [3.05, 3.63) is 23.8 Å². The van der Waals surface area contributed by atoms with E-state index >= 15 is 0 Å². The number of hydrogen-bond donors (Lipinski definition) is 2. The molecule has 0 bridgehead atoms. The Balaban J connectivity index is 1.65. The molecule has 2 N–H and O–H groups in total. The van der Waals surface area contributed by atoms with Crippen LogP contribution in [0.1, 0.15) is 32.3 Å². The van der Waals surface area contributed by atoms with E-state index in [-0.39, 0.29) is 43.4 Å². The summed E-state index contributed by atoms with van der Waals surface area (Å²) in [6.07, 6.45) is 0.863. The molecule has 2 heterocycles. The highest BCUT2D eigenvalue weighted by Crippen LogP contribution is 2.28. The van der Waals surface area contributed by atoms with Gasteiger partial charge in [-0.05, 0) is 37.5 Å². The van der Waals surface area contributed by atoms with Crippen molar-refractivity contribution in [3.63, 3.8) is 0 Å². The number of sulfonamides is 1. The Morgan fingerprint density at radius 1 is 1.13 bits per heavy atom. The van der Waals surface area contributed by atoms with Crippen LogP contribution in [0.4, 0.5) is 4.79 Å². The van der Waals surface area contributed by atoms with Gasteiger partial charge in [0.2, 0.25) is 15.9 Å². The van der Waals surface area contributed by atoms with Crippen LogP contribution in [0, 0.1) is 6.92 Å². The summed E-state index contributed by atoms with van der Waals surface area (Å²) in [5, 5.41) is 12.7. The van der Waals surface area contributed by atoms with E-state index in [9.17, 15) is 27.9 Å². The summed E-state index contributed by atoms with van der Waals surface area (Å²) >= 11 is 0. The van der Waals surface area contributed by atoms with Gasteiger partial charge in [0.25, 0.3) is 5.91 Å². The fraction of sp³-hybridized carbons (Fsp3) is 0.550. The van der Waals surface area contributed by atoms with E-state index in [2.05, 4.69) is 5.32 Å². The third-order valence-corrected chi connectivity index (χ3v) is 8.00. The Hall–Kier alpha value is -2.66. The lowest BCUT2D eigenvalue weighted by molar-refractivity contribution is -0.139. The average molecular weight is 453 g/mol. The van der Waals surface area contributed by atoms with Gasteiger partial charge in [-0.2, -0.15) is 4.31 Å². The van der Waals surface area contributed by atoms with E-state index in [0.717, 1.165) is 4.90 Å². The fourth-order valence-corrected chi connectivity index (χ4v) is 5.52. The van der Waals surface area contributed by atoms with Gasteiger partial charge >= 0.3 is 6.03 Å². The Labute approximate surface area is 181 Å². The first-order valence-corrected chi connectivity index (χ1v) is 11.7. The number of benzene rings is 1. The largest absolute Gasteiger partial charge is 0.507 e. The standard InChI is InChI=1S/C20H28N4O6S/c1-4-20(5-2)18(27)24(19(28)21-20)13-17(26)22-8-10-23(11-9-22)31(29,30)16-12-14(3)6-7-15(16)25/h6-7,12,25H,4-5,8-11,13H2,1-3H3,(H,21,28). The number of aryl methyl sites for hydroxylation is 1. The van der Waals surface area contributed by atoms with Crippen LogP contribution >= 0.6 is 0 Å². The van der Waals surface area contributed by atoms with Gasteiger partial charge in [0.05, 0.1) is 0 Å². The maximum atomic E-state index is 12.9. The van der Waals surface area contributed by atoms with E-state index in [1.54, 1.807) is 26.8 Å². The first kappa shape index (κ1) is 23.0. The molecule has 0 unspecified atom stereocenters. The van der Waals surface area contributed by atoms with Crippen molar-refractivity contribution in [2.75, 3.05) is 32.7 Å². The maximum absolute atomic E-state index is 12.9. The molecule has 170 valence electrons. The van der Waals surface area contributed by atoms with Crippen LogP contribution in [0.25, 0.3) is 0 Å². The Morgan fingerprint density at radius 3 is 2.29 bits per heavy atom. The number of amides is 4. The van der Waals surface area contributed by atoms with Crippen molar-refractivity contribution in [1.29, 1.82) is 0 Å². The van der Waals surface area contributed by atoms with Gasteiger partial charge in [0.15, 0.2) is 0 Å². The lowest BCUT2D eigenvalue weighted by atomic mass is 9.93.